The van der Waals surface area contributed by atoms with Crippen molar-refractivity contribution in [2.75, 3.05) is 10.2 Å². The number of hydrogen-bond acceptors (Lipinski definition) is 3. The minimum Gasteiger partial charge on any atom is -0.411 e. The number of thiocarbonyl (C=S) groups is 1. The molecular weight excluding hydrogens is 343 g/mol. The quantitative estimate of drug-likeness (QED) is 0.437. The van der Waals surface area contributed by atoms with E-state index in [0.29, 0.717) is 4.32 Å². The summed E-state index contributed by atoms with van der Waals surface area (Å²) in [7, 11) is 0. The Morgan fingerprint density at radius 3 is 1.54 bits per heavy atom. The first kappa shape index (κ1) is 18.9. The van der Waals surface area contributed by atoms with E-state index in [2.05, 4.69) is 46.6 Å². The molecule has 0 saturated carbocycles. The normalized spacial score (nSPS) is 9.67. The number of benzene rings is 3. The van der Waals surface area contributed by atoms with Crippen LogP contribution in [-0.2, 0) is 12.6 Å². The van der Waals surface area contributed by atoms with E-state index in [9.17, 15) is 0 Å². The van der Waals surface area contributed by atoms with Crippen molar-refractivity contribution in [3.05, 3.63) is 84.9 Å². The SMILES string of the molecule is S=C([S-])Nc1ccc(N(c2ccccc2)c2ccccc2)cc1.[Na+]. The summed E-state index contributed by atoms with van der Waals surface area (Å²) in [5.41, 5.74) is 4.19. The molecule has 3 aromatic rings. The first-order valence-electron chi connectivity index (χ1n) is 7.22. The molecule has 0 aliphatic rings. The first-order valence-corrected chi connectivity index (χ1v) is 8.04. The van der Waals surface area contributed by atoms with Crippen LogP contribution in [0.1, 0.15) is 0 Å². The molecule has 3 rings (SSSR count). The van der Waals surface area contributed by atoms with Crippen LogP contribution in [0.25, 0.3) is 0 Å². The summed E-state index contributed by atoms with van der Waals surface area (Å²) in [5.74, 6) is 0. The third-order valence-corrected chi connectivity index (χ3v) is 3.60. The van der Waals surface area contributed by atoms with Gasteiger partial charge in [-0.1, -0.05) is 40.7 Å². The van der Waals surface area contributed by atoms with Crippen LogP contribution in [-0.4, -0.2) is 4.32 Å². The van der Waals surface area contributed by atoms with Crippen LogP contribution in [0.3, 0.4) is 0 Å². The summed E-state index contributed by atoms with van der Waals surface area (Å²) < 4.78 is 0.348. The van der Waals surface area contributed by atoms with Crippen LogP contribution in [0.5, 0.6) is 0 Å². The van der Waals surface area contributed by atoms with Crippen LogP contribution in [0.2, 0.25) is 0 Å². The Balaban J connectivity index is 0.00000208. The number of hydrogen-bond donors (Lipinski definition) is 1. The van der Waals surface area contributed by atoms with Gasteiger partial charge in [0.15, 0.2) is 0 Å². The molecule has 0 aliphatic carbocycles. The van der Waals surface area contributed by atoms with Crippen LogP contribution in [0.15, 0.2) is 84.9 Å². The van der Waals surface area contributed by atoms with E-state index in [-0.39, 0.29) is 29.6 Å². The fourth-order valence-electron chi connectivity index (χ4n) is 2.41. The van der Waals surface area contributed by atoms with Crippen LogP contribution in [0, 0.1) is 0 Å². The van der Waals surface area contributed by atoms with E-state index >= 15 is 0 Å². The maximum absolute atomic E-state index is 4.91. The summed E-state index contributed by atoms with van der Waals surface area (Å²) in [6.45, 7) is 0. The predicted octanol–water partition coefficient (Wildman–Crippen LogP) is 2.40. The molecule has 0 atom stereocenters. The average molecular weight is 358 g/mol. The van der Waals surface area contributed by atoms with Gasteiger partial charge in [0.2, 0.25) is 0 Å². The Hall–Kier alpha value is -1.43. The van der Waals surface area contributed by atoms with Gasteiger partial charge in [-0.15, -0.1) is 0 Å². The number of anilines is 4. The smallest absolute Gasteiger partial charge is 0.411 e. The Morgan fingerprint density at radius 2 is 1.12 bits per heavy atom. The molecular formula is C19H15N2NaS2. The van der Waals surface area contributed by atoms with Gasteiger partial charge in [0.25, 0.3) is 0 Å². The predicted molar refractivity (Wildman–Crippen MR) is 105 cm³/mol. The molecule has 0 bridgehead atoms. The third-order valence-electron chi connectivity index (χ3n) is 3.40. The molecule has 0 unspecified atom stereocenters. The maximum Gasteiger partial charge on any atom is 1.00 e. The summed E-state index contributed by atoms with van der Waals surface area (Å²) in [6.07, 6.45) is 0. The number of nitrogens with one attached hydrogen (secondary N) is 1. The van der Waals surface area contributed by atoms with Crippen molar-refractivity contribution in [2.45, 2.75) is 0 Å². The molecule has 1 N–H and O–H groups in total. The molecule has 5 heteroatoms. The van der Waals surface area contributed by atoms with Gasteiger partial charge in [-0.25, -0.2) is 0 Å². The second-order valence-corrected chi connectivity index (χ2v) is 6.04. The molecule has 114 valence electrons. The van der Waals surface area contributed by atoms with E-state index in [1.165, 1.54) is 0 Å². The molecule has 3 aromatic carbocycles. The van der Waals surface area contributed by atoms with Crippen molar-refractivity contribution in [1.29, 1.82) is 0 Å². The van der Waals surface area contributed by atoms with E-state index in [1.807, 2.05) is 48.5 Å². The van der Waals surface area contributed by atoms with Gasteiger partial charge >= 0.3 is 29.6 Å². The first-order chi connectivity index (χ1) is 11.2. The fraction of sp³-hybridized carbons (Fsp3) is 0. The average Bonchev–Trinajstić information content (AvgIpc) is 2.58. The Morgan fingerprint density at radius 1 is 0.708 bits per heavy atom. The Bertz CT molecular complexity index is 738. The Labute approximate surface area is 175 Å². The number of para-hydroxylation sites is 2. The van der Waals surface area contributed by atoms with Crippen molar-refractivity contribution in [3.63, 3.8) is 0 Å². The van der Waals surface area contributed by atoms with Gasteiger partial charge < -0.3 is 35.1 Å². The standard InChI is InChI=1S/C19H16N2S2.Na/c22-19(23)20-15-11-13-18(14-12-15)21(16-7-3-1-4-8-16)17-9-5-2-6-10-17;/h1-14H,(H2,20,22,23);/q;+1/p-1. The van der Waals surface area contributed by atoms with E-state index < -0.39 is 0 Å². The number of nitrogens with zero attached hydrogens (tertiary/aromatic N) is 1. The summed E-state index contributed by atoms with van der Waals surface area (Å²) >= 11 is 9.82. The molecule has 0 aliphatic heterocycles. The largest absolute Gasteiger partial charge is 1.00 e. The molecule has 0 heterocycles. The van der Waals surface area contributed by atoms with Crippen LogP contribution in [0.4, 0.5) is 22.7 Å². The van der Waals surface area contributed by atoms with Gasteiger partial charge in [-0.3, -0.25) is 0 Å². The molecule has 0 aromatic heterocycles. The second-order valence-electron chi connectivity index (χ2n) is 4.97. The molecule has 0 fully saturated rings. The van der Waals surface area contributed by atoms with Crippen molar-refractivity contribution < 1.29 is 29.6 Å². The zero-order chi connectivity index (χ0) is 16.1. The second kappa shape index (κ2) is 9.16. The van der Waals surface area contributed by atoms with Crippen LogP contribution >= 0.6 is 12.2 Å². The van der Waals surface area contributed by atoms with Crippen molar-refractivity contribution >= 4 is 51.9 Å². The van der Waals surface area contributed by atoms with Crippen molar-refractivity contribution in [1.82, 2.24) is 0 Å². The minimum atomic E-state index is 0. The van der Waals surface area contributed by atoms with Crippen molar-refractivity contribution in [2.24, 2.45) is 0 Å². The minimum absolute atomic E-state index is 0. The topological polar surface area (TPSA) is 15.3 Å². The van der Waals surface area contributed by atoms with Crippen LogP contribution < -0.4 is 39.8 Å². The molecule has 0 saturated heterocycles. The van der Waals surface area contributed by atoms with Gasteiger partial charge in [0.1, 0.15) is 0 Å². The maximum atomic E-state index is 4.91. The zero-order valence-corrected chi connectivity index (χ0v) is 17.0. The third kappa shape index (κ3) is 4.79. The van der Waals surface area contributed by atoms with Gasteiger partial charge in [-0.05, 0) is 48.5 Å². The molecule has 2 nitrogen and oxygen atoms in total. The zero-order valence-electron chi connectivity index (χ0n) is 13.3. The fourth-order valence-corrected chi connectivity index (χ4v) is 2.65. The van der Waals surface area contributed by atoms with E-state index in [1.54, 1.807) is 0 Å². The molecule has 0 spiro atoms. The summed E-state index contributed by atoms with van der Waals surface area (Å²) in [4.78, 5) is 2.20. The monoisotopic (exact) mass is 358 g/mol. The van der Waals surface area contributed by atoms with Gasteiger partial charge in [-0.2, -0.15) is 0 Å². The van der Waals surface area contributed by atoms with Crippen molar-refractivity contribution in [3.8, 4) is 0 Å². The summed E-state index contributed by atoms with van der Waals surface area (Å²) in [5, 5.41) is 2.98. The molecule has 0 amide bonds. The number of rotatable bonds is 4. The van der Waals surface area contributed by atoms with Gasteiger partial charge in [0.05, 0.1) is 0 Å². The molecule has 24 heavy (non-hydrogen) atoms. The summed E-state index contributed by atoms with van der Waals surface area (Å²) in [6, 6.07) is 28.6. The molecule has 0 radical (unpaired) electrons. The van der Waals surface area contributed by atoms with E-state index in [0.717, 1.165) is 22.7 Å². The van der Waals surface area contributed by atoms with Gasteiger partial charge in [0, 0.05) is 22.7 Å². The van der Waals surface area contributed by atoms with E-state index in [4.69, 9.17) is 24.8 Å². The Kier molecular flexibility index (Phi) is 7.21.